The number of nitrogens with one attached hydrogen (secondary N) is 1. The molecule has 230 valence electrons. The molecule has 1 aromatic carbocycles. The Labute approximate surface area is 251 Å². The average molecular weight is 671 g/mol. The molecule has 1 aliphatic rings. The van der Waals surface area contributed by atoms with E-state index >= 15 is 0 Å². The minimum Gasteiger partial charge on any atom is -0.468 e. The second kappa shape index (κ2) is 16.1. The predicted octanol–water partition coefficient (Wildman–Crippen LogP) is 4.59. The Kier molecular flexibility index (Phi) is 12.8. The van der Waals surface area contributed by atoms with Crippen LogP contribution in [0.25, 0.3) is 10.4 Å². The maximum atomic E-state index is 13.7. The van der Waals surface area contributed by atoms with Crippen molar-refractivity contribution < 1.29 is 27.9 Å². The van der Waals surface area contributed by atoms with Crippen molar-refractivity contribution in [3.8, 4) is 5.75 Å². The van der Waals surface area contributed by atoms with Gasteiger partial charge in [0.25, 0.3) is 5.56 Å². The highest BCUT2D eigenvalue weighted by molar-refractivity contribution is 9.09. The van der Waals surface area contributed by atoms with E-state index in [0.29, 0.717) is 12.0 Å². The molecule has 0 amide bonds. The number of methoxy groups -OCH3 is 1. The van der Waals surface area contributed by atoms with E-state index < -0.39 is 43.8 Å². The Balaban J connectivity index is 1.81. The van der Waals surface area contributed by atoms with Gasteiger partial charge in [-0.05, 0) is 44.4 Å². The number of azide groups is 1. The Morgan fingerprint density at radius 3 is 2.64 bits per heavy atom. The van der Waals surface area contributed by atoms with Gasteiger partial charge >= 0.3 is 19.4 Å². The first-order valence-corrected chi connectivity index (χ1v) is 16.2. The number of aromatic nitrogens is 2. The minimum atomic E-state index is -4.19. The van der Waals surface area contributed by atoms with Gasteiger partial charge in [-0.2, -0.15) is 5.09 Å². The third-order valence-electron chi connectivity index (χ3n) is 6.63. The van der Waals surface area contributed by atoms with Crippen LogP contribution in [0.4, 0.5) is 0 Å². The minimum absolute atomic E-state index is 0.108. The average Bonchev–Trinajstić information content (AvgIpc) is 3.38. The lowest BCUT2D eigenvalue weighted by atomic mass is 10.1. The van der Waals surface area contributed by atoms with E-state index in [4.69, 9.17) is 18.5 Å². The predicted molar refractivity (Wildman–Crippen MR) is 159 cm³/mol. The number of benzene rings is 1. The summed E-state index contributed by atoms with van der Waals surface area (Å²) in [6, 6.07) is 6.39. The molecule has 2 heterocycles. The summed E-state index contributed by atoms with van der Waals surface area (Å²) in [6.45, 7) is 2.95. The number of carbonyl (C=O) groups excluding carboxylic acids is 1. The first-order chi connectivity index (χ1) is 20.1. The number of aryl methyl sites for hydroxylation is 1. The fraction of sp³-hybridized carbons (Fsp3) is 0.577. The highest BCUT2D eigenvalue weighted by atomic mass is 79.9. The molecule has 2 unspecified atom stereocenters. The number of hydrogen-bond donors (Lipinski definition) is 1. The summed E-state index contributed by atoms with van der Waals surface area (Å²) in [5.74, 6) is -0.466. The summed E-state index contributed by atoms with van der Waals surface area (Å²) >= 11 is 3.40. The summed E-state index contributed by atoms with van der Waals surface area (Å²) in [7, 11) is -3.00. The van der Waals surface area contributed by atoms with Gasteiger partial charge in [-0.15, -0.1) is 0 Å². The molecule has 5 atom stereocenters. The molecule has 0 radical (unpaired) electrons. The molecule has 1 aromatic heterocycles. The SMILES string of the molecule is COC(=O)C(C)NP(=O)(OC[C@H]1O[C@@H](n2cc(C)c(=O)n(CCCCCCBr)c2=O)C[C@@H]1N=[N+]=[N-])Oc1ccccc1. The van der Waals surface area contributed by atoms with Gasteiger partial charge in [0.15, 0.2) is 0 Å². The summed E-state index contributed by atoms with van der Waals surface area (Å²) in [5, 5.41) is 7.25. The van der Waals surface area contributed by atoms with E-state index in [2.05, 4.69) is 31.0 Å². The second-order valence-electron chi connectivity index (χ2n) is 9.77. The quantitative estimate of drug-likeness (QED) is 0.0509. The van der Waals surface area contributed by atoms with Crippen LogP contribution in [0.2, 0.25) is 0 Å². The molecule has 0 bridgehead atoms. The van der Waals surface area contributed by atoms with Gasteiger partial charge in [0.1, 0.15) is 18.0 Å². The van der Waals surface area contributed by atoms with Crippen LogP contribution < -0.4 is 20.9 Å². The molecule has 1 saturated heterocycles. The Bertz CT molecular complexity index is 1410. The van der Waals surface area contributed by atoms with Crippen LogP contribution in [0.5, 0.6) is 5.75 Å². The first-order valence-electron chi connectivity index (χ1n) is 13.6. The van der Waals surface area contributed by atoms with Crippen molar-refractivity contribution in [3.63, 3.8) is 0 Å². The van der Waals surface area contributed by atoms with Gasteiger partial charge in [-0.3, -0.25) is 23.2 Å². The van der Waals surface area contributed by atoms with Crippen LogP contribution in [-0.2, 0) is 29.9 Å². The monoisotopic (exact) mass is 670 g/mol. The summed E-state index contributed by atoms with van der Waals surface area (Å²) in [5.41, 5.74) is 8.63. The fourth-order valence-electron chi connectivity index (χ4n) is 4.45. The van der Waals surface area contributed by atoms with Crippen LogP contribution in [-0.4, -0.2) is 52.3 Å². The van der Waals surface area contributed by atoms with Crippen molar-refractivity contribution in [1.29, 1.82) is 0 Å². The normalized spacial score (nSPS) is 20.3. The van der Waals surface area contributed by atoms with Crippen molar-refractivity contribution in [2.24, 2.45) is 5.11 Å². The fourth-order valence-corrected chi connectivity index (χ4v) is 6.35. The van der Waals surface area contributed by atoms with Gasteiger partial charge in [0.05, 0.1) is 25.9 Å². The van der Waals surface area contributed by atoms with E-state index in [9.17, 15) is 24.5 Å². The third-order valence-corrected chi connectivity index (χ3v) is 8.84. The Morgan fingerprint density at radius 1 is 1.26 bits per heavy atom. The zero-order valence-electron chi connectivity index (χ0n) is 23.8. The van der Waals surface area contributed by atoms with Gasteiger partial charge in [0.2, 0.25) is 0 Å². The lowest BCUT2D eigenvalue weighted by Gasteiger charge is -2.24. The Morgan fingerprint density at radius 2 is 1.98 bits per heavy atom. The molecule has 3 rings (SSSR count). The number of unbranched alkanes of at least 4 members (excludes halogenated alkanes) is 3. The van der Waals surface area contributed by atoms with Crippen molar-refractivity contribution >= 4 is 29.6 Å². The molecular formula is C26H36BrN6O8P. The van der Waals surface area contributed by atoms with E-state index in [0.717, 1.165) is 24.6 Å². The number of carbonyl (C=O) groups is 1. The van der Waals surface area contributed by atoms with Crippen LogP contribution in [0.3, 0.4) is 0 Å². The van der Waals surface area contributed by atoms with Crippen LogP contribution >= 0.6 is 23.7 Å². The highest BCUT2D eigenvalue weighted by Gasteiger charge is 2.40. The number of nitrogens with zero attached hydrogens (tertiary/aromatic N) is 5. The van der Waals surface area contributed by atoms with Crippen molar-refractivity contribution in [2.75, 3.05) is 19.0 Å². The lowest BCUT2D eigenvalue weighted by Crippen LogP contribution is -2.42. The molecule has 1 N–H and O–H groups in total. The molecule has 0 spiro atoms. The molecule has 0 saturated carbocycles. The standard InChI is InChI=1S/C26H36BrN6O8P/c1-18-16-33(26(36)32(24(18)34)14-10-5-4-9-13-27)23-15-21(29-31-28)22(40-23)17-39-42(37,30-19(2)25(35)38-3)41-20-11-7-6-8-12-20/h6-8,11-12,16,19,21-23H,4-5,9-10,13-15,17H2,1-3H3,(H,30,37)/t19?,21-,22+,23+,42?/m0/s1. The van der Waals surface area contributed by atoms with E-state index in [1.165, 1.54) is 29.4 Å². The maximum absolute atomic E-state index is 13.7. The van der Waals surface area contributed by atoms with Gasteiger partial charge in [-0.25, -0.2) is 9.36 Å². The zero-order valence-corrected chi connectivity index (χ0v) is 26.2. The van der Waals surface area contributed by atoms with Gasteiger partial charge < -0.3 is 14.0 Å². The summed E-state index contributed by atoms with van der Waals surface area (Å²) in [6.07, 6.45) is 3.26. The molecule has 1 aliphatic heterocycles. The molecule has 1 fully saturated rings. The van der Waals surface area contributed by atoms with Gasteiger partial charge in [-0.1, -0.05) is 52.1 Å². The number of halogens is 1. The van der Waals surface area contributed by atoms with E-state index in [1.807, 2.05) is 0 Å². The van der Waals surface area contributed by atoms with Gasteiger partial charge in [0, 0.05) is 35.0 Å². The zero-order chi connectivity index (χ0) is 30.7. The number of alkyl halides is 1. The molecule has 42 heavy (non-hydrogen) atoms. The number of esters is 1. The number of hydrogen-bond acceptors (Lipinski definition) is 9. The summed E-state index contributed by atoms with van der Waals surface area (Å²) < 4.78 is 38.3. The largest absolute Gasteiger partial charge is 0.468 e. The van der Waals surface area contributed by atoms with Crippen molar-refractivity contribution in [3.05, 3.63) is 73.4 Å². The topological polar surface area (TPSA) is 176 Å². The molecule has 16 heteroatoms. The smallest absolute Gasteiger partial charge is 0.459 e. The van der Waals surface area contributed by atoms with Crippen LogP contribution in [0.15, 0.2) is 51.2 Å². The number of para-hydroxylation sites is 1. The molecule has 14 nitrogen and oxygen atoms in total. The molecule has 2 aromatic rings. The van der Waals surface area contributed by atoms with Crippen molar-refractivity contribution in [2.45, 2.75) is 76.9 Å². The highest BCUT2D eigenvalue weighted by Crippen LogP contribution is 2.46. The lowest BCUT2D eigenvalue weighted by molar-refractivity contribution is -0.142. The van der Waals surface area contributed by atoms with Crippen LogP contribution in [0.1, 0.15) is 50.8 Å². The summed E-state index contributed by atoms with van der Waals surface area (Å²) in [4.78, 5) is 41.0. The number of rotatable bonds is 16. The Hall–Kier alpha value is -2.93. The maximum Gasteiger partial charge on any atom is 0.459 e. The first kappa shape index (κ1) is 33.6. The van der Waals surface area contributed by atoms with Crippen LogP contribution in [0, 0.1) is 6.92 Å². The van der Waals surface area contributed by atoms with E-state index in [-0.39, 0.29) is 30.9 Å². The second-order valence-corrected chi connectivity index (χ2v) is 12.3. The van der Waals surface area contributed by atoms with Crippen molar-refractivity contribution in [1.82, 2.24) is 14.2 Å². The molecule has 0 aliphatic carbocycles. The number of ether oxygens (including phenoxy) is 2. The van der Waals surface area contributed by atoms with E-state index in [1.54, 1.807) is 37.3 Å². The molecular weight excluding hydrogens is 635 g/mol. The third kappa shape index (κ3) is 9.03.